The molecule has 0 atom stereocenters. The molecule has 0 N–H and O–H groups in total. The average Bonchev–Trinajstić information content (AvgIpc) is 3.70. The number of aromatic nitrogens is 1. The lowest BCUT2D eigenvalue weighted by atomic mass is 9.92. The fourth-order valence-corrected chi connectivity index (χ4v) is 9.20. The van der Waals surface area contributed by atoms with Crippen LogP contribution in [0.25, 0.3) is 83.1 Å². The molecule has 292 valence electrons. The highest BCUT2D eigenvalue weighted by atomic mass is 15.1. The van der Waals surface area contributed by atoms with E-state index in [9.17, 15) is 0 Å². The number of nitrogens with zero attached hydrogens (tertiary/aromatic N) is 2. The van der Waals surface area contributed by atoms with Crippen LogP contribution in [0.3, 0.4) is 0 Å². The number of fused-ring (bicyclic) bond motifs is 3. The maximum Gasteiger partial charge on any atom is 0.0562 e. The van der Waals surface area contributed by atoms with Crippen LogP contribution in [-0.4, -0.2) is 4.57 Å². The van der Waals surface area contributed by atoms with E-state index in [1.54, 1.807) is 0 Å². The van der Waals surface area contributed by atoms with Crippen LogP contribution in [0, 0.1) is 0 Å². The van der Waals surface area contributed by atoms with E-state index in [1.165, 1.54) is 66.4 Å². The monoisotopic (exact) mass is 790 g/mol. The van der Waals surface area contributed by atoms with Crippen molar-refractivity contribution in [2.24, 2.45) is 0 Å². The number of para-hydroxylation sites is 2. The van der Waals surface area contributed by atoms with Gasteiger partial charge in [-0.25, -0.2) is 0 Å². The van der Waals surface area contributed by atoms with E-state index < -0.39 is 0 Å². The molecule has 0 unspecified atom stereocenters. The van der Waals surface area contributed by atoms with Crippen LogP contribution >= 0.6 is 0 Å². The van der Waals surface area contributed by atoms with E-state index in [4.69, 9.17) is 0 Å². The van der Waals surface area contributed by atoms with Crippen molar-refractivity contribution in [2.45, 2.75) is 0 Å². The van der Waals surface area contributed by atoms with Crippen LogP contribution in [0.4, 0.5) is 17.1 Å². The van der Waals surface area contributed by atoms with Gasteiger partial charge in [-0.2, -0.15) is 0 Å². The normalized spacial score (nSPS) is 11.2. The summed E-state index contributed by atoms with van der Waals surface area (Å²) in [5.74, 6) is 0. The Bertz CT molecular complexity index is 3190. The van der Waals surface area contributed by atoms with Gasteiger partial charge in [0.2, 0.25) is 0 Å². The summed E-state index contributed by atoms with van der Waals surface area (Å²) in [4.78, 5) is 2.48. The Kier molecular flexibility index (Phi) is 9.57. The molecule has 0 spiro atoms. The molecule has 2 heteroatoms. The van der Waals surface area contributed by atoms with Crippen LogP contribution in [0.5, 0.6) is 0 Å². The fourth-order valence-electron chi connectivity index (χ4n) is 9.20. The lowest BCUT2D eigenvalue weighted by Gasteiger charge is -2.29. The van der Waals surface area contributed by atoms with Gasteiger partial charge in [0.15, 0.2) is 0 Å². The van der Waals surface area contributed by atoms with Crippen LogP contribution in [0.1, 0.15) is 0 Å². The molecule has 11 aromatic rings. The highest BCUT2D eigenvalue weighted by Crippen LogP contribution is 2.48. The predicted octanol–water partition coefficient (Wildman–Crippen LogP) is 16.6. The second-order valence-corrected chi connectivity index (χ2v) is 15.7. The van der Waals surface area contributed by atoms with Gasteiger partial charge >= 0.3 is 0 Å². The zero-order chi connectivity index (χ0) is 41.2. The topological polar surface area (TPSA) is 8.17 Å². The zero-order valence-electron chi connectivity index (χ0n) is 34.1. The molecule has 62 heavy (non-hydrogen) atoms. The Morgan fingerprint density at radius 2 is 0.677 bits per heavy atom. The summed E-state index contributed by atoms with van der Waals surface area (Å²) >= 11 is 0. The number of hydrogen-bond donors (Lipinski definition) is 0. The van der Waals surface area contributed by atoms with Crippen molar-refractivity contribution in [1.29, 1.82) is 0 Å². The Morgan fingerprint density at radius 3 is 1.19 bits per heavy atom. The summed E-state index contributed by atoms with van der Waals surface area (Å²) in [5.41, 5.74) is 18.5. The first kappa shape index (κ1) is 36.8. The summed E-state index contributed by atoms with van der Waals surface area (Å²) in [7, 11) is 0. The van der Waals surface area contributed by atoms with Crippen molar-refractivity contribution >= 4 is 38.9 Å². The van der Waals surface area contributed by atoms with Gasteiger partial charge in [-0.05, 0) is 98.6 Å². The molecule has 11 rings (SSSR count). The molecule has 10 aromatic carbocycles. The van der Waals surface area contributed by atoms with Crippen molar-refractivity contribution in [2.75, 3.05) is 4.90 Å². The minimum atomic E-state index is 1.07. The highest BCUT2D eigenvalue weighted by molar-refractivity contribution is 6.17. The minimum Gasteiger partial charge on any atom is -0.310 e. The molecule has 0 radical (unpaired) electrons. The maximum absolute atomic E-state index is 2.48. The summed E-state index contributed by atoms with van der Waals surface area (Å²) < 4.78 is 2.45. The number of benzene rings is 10. The van der Waals surface area contributed by atoms with Crippen molar-refractivity contribution in [1.82, 2.24) is 4.57 Å². The molecular formula is C60H42N2. The molecule has 0 aliphatic carbocycles. The molecule has 0 aliphatic rings. The minimum absolute atomic E-state index is 1.07. The van der Waals surface area contributed by atoms with Gasteiger partial charge in [-0.15, -0.1) is 0 Å². The predicted molar refractivity (Wildman–Crippen MR) is 263 cm³/mol. The zero-order valence-corrected chi connectivity index (χ0v) is 34.1. The molecule has 1 aromatic heterocycles. The molecule has 1 heterocycles. The van der Waals surface area contributed by atoms with E-state index in [1.807, 2.05) is 0 Å². The number of hydrogen-bond acceptors (Lipinski definition) is 1. The molecule has 0 aliphatic heterocycles. The smallest absolute Gasteiger partial charge is 0.0562 e. The molecule has 2 nitrogen and oxygen atoms in total. The standard InChI is InChI=1S/C60H42N2/c1-6-21-43(22-7-1)50-39-37-48(41-54(50)46-27-12-4-13-28-46)61(49-38-40-51(44-23-8-2-9-24-44)55(42-49)47-29-14-5-15-30-47)58-35-20-36-59-60(58)53-32-17-19-34-57(53)62(59)56-33-18-16-31-52(56)45-25-10-3-11-26-45/h1-42H. The first-order valence-corrected chi connectivity index (χ1v) is 21.3. The third-order valence-electron chi connectivity index (χ3n) is 12.0. The van der Waals surface area contributed by atoms with Crippen LogP contribution in [0.2, 0.25) is 0 Å². The molecular weight excluding hydrogens is 749 g/mol. The van der Waals surface area contributed by atoms with Gasteiger partial charge in [0.05, 0.1) is 22.4 Å². The van der Waals surface area contributed by atoms with Crippen molar-refractivity contribution in [3.8, 4) is 61.3 Å². The summed E-state index contributed by atoms with van der Waals surface area (Å²) in [6, 6.07) is 92.2. The van der Waals surface area contributed by atoms with E-state index in [2.05, 4.69) is 264 Å². The third kappa shape index (κ3) is 6.65. The Labute approximate surface area is 362 Å². The quantitative estimate of drug-likeness (QED) is 0.141. The summed E-state index contributed by atoms with van der Waals surface area (Å²) in [5, 5.41) is 2.38. The van der Waals surface area contributed by atoms with Gasteiger partial charge in [0.1, 0.15) is 0 Å². The summed E-state index contributed by atoms with van der Waals surface area (Å²) in [6.45, 7) is 0. The second-order valence-electron chi connectivity index (χ2n) is 15.7. The lowest BCUT2D eigenvalue weighted by molar-refractivity contribution is 1.18. The molecule has 0 saturated carbocycles. The lowest BCUT2D eigenvalue weighted by Crippen LogP contribution is -2.11. The number of anilines is 3. The second kappa shape index (κ2) is 16.1. The molecule has 0 saturated heterocycles. The van der Waals surface area contributed by atoms with Gasteiger partial charge < -0.3 is 9.47 Å². The third-order valence-corrected chi connectivity index (χ3v) is 12.0. The Hall–Kier alpha value is -8.20. The Balaban J connectivity index is 1.22. The van der Waals surface area contributed by atoms with Gasteiger partial charge in [-0.1, -0.05) is 206 Å². The maximum atomic E-state index is 2.48. The first-order valence-electron chi connectivity index (χ1n) is 21.3. The van der Waals surface area contributed by atoms with E-state index in [0.29, 0.717) is 0 Å². The average molecular weight is 791 g/mol. The van der Waals surface area contributed by atoms with Gasteiger partial charge in [0, 0.05) is 27.7 Å². The van der Waals surface area contributed by atoms with E-state index in [0.717, 1.165) is 33.8 Å². The van der Waals surface area contributed by atoms with E-state index in [-0.39, 0.29) is 0 Å². The molecule has 0 fully saturated rings. The van der Waals surface area contributed by atoms with Crippen LogP contribution in [0.15, 0.2) is 255 Å². The van der Waals surface area contributed by atoms with Crippen LogP contribution in [-0.2, 0) is 0 Å². The summed E-state index contributed by atoms with van der Waals surface area (Å²) in [6.07, 6.45) is 0. The van der Waals surface area contributed by atoms with Gasteiger partial charge in [0.25, 0.3) is 0 Å². The van der Waals surface area contributed by atoms with Crippen LogP contribution < -0.4 is 4.90 Å². The van der Waals surface area contributed by atoms with E-state index >= 15 is 0 Å². The SMILES string of the molecule is c1ccc(-c2ccc(N(c3ccc(-c4ccccc4)c(-c4ccccc4)c3)c3cccc4c3c3ccccc3n4-c3ccccc3-c3ccccc3)cc2-c2ccccc2)cc1. The van der Waals surface area contributed by atoms with Gasteiger partial charge in [-0.3, -0.25) is 0 Å². The van der Waals surface area contributed by atoms with Crippen molar-refractivity contribution in [3.63, 3.8) is 0 Å². The first-order chi connectivity index (χ1) is 30.8. The van der Waals surface area contributed by atoms with Crippen molar-refractivity contribution in [3.05, 3.63) is 255 Å². The largest absolute Gasteiger partial charge is 0.310 e. The highest BCUT2D eigenvalue weighted by Gasteiger charge is 2.24. The number of rotatable bonds is 9. The van der Waals surface area contributed by atoms with Crippen molar-refractivity contribution < 1.29 is 0 Å². The Morgan fingerprint density at radius 1 is 0.274 bits per heavy atom. The fraction of sp³-hybridized carbons (Fsp3) is 0. The molecule has 0 bridgehead atoms. The molecule has 0 amide bonds.